The van der Waals surface area contributed by atoms with Crippen LogP contribution in [0.25, 0.3) is 17.0 Å². The van der Waals surface area contributed by atoms with Crippen LogP contribution in [0, 0.1) is 0 Å². The lowest BCUT2D eigenvalue weighted by molar-refractivity contribution is -0.669. The van der Waals surface area contributed by atoms with Gasteiger partial charge in [-0.25, -0.2) is 0 Å². The standard InChI is InChI=1S/C20H18ClN2S/c1-3-23-16(10-8-14-6-4-5-7-17(14)23)13-20-22(2)18-12-15(21)9-11-19(18)24-20/h4-13H,3H2,1-2H3/q+1. The average Bonchev–Trinajstić information content (AvgIpc) is 2.90. The Bertz CT molecular complexity index is 965. The minimum Gasteiger partial charge on any atom is -0.338 e. The van der Waals surface area contributed by atoms with E-state index < -0.39 is 0 Å². The molecule has 0 unspecified atom stereocenters. The molecule has 0 amide bonds. The number of thioether (sulfide) groups is 1. The zero-order chi connectivity index (χ0) is 16.7. The van der Waals surface area contributed by atoms with Crippen molar-refractivity contribution in [3.63, 3.8) is 0 Å². The summed E-state index contributed by atoms with van der Waals surface area (Å²) in [5, 5.41) is 3.26. The van der Waals surface area contributed by atoms with Crippen LogP contribution < -0.4 is 9.47 Å². The quantitative estimate of drug-likeness (QED) is 0.574. The predicted molar refractivity (Wildman–Crippen MR) is 104 cm³/mol. The van der Waals surface area contributed by atoms with Crippen LogP contribution in [0.15, 0.2) is 64.5 Å². The summed E-state index contributed by atoms with van der Waals surface area (Å²) in [5.41, 5.74) is 3.65. The topological polar surface area (TPSA) is 7.12 Å². The van der Waals surface area contributed by atoms with Gasteiger partial charge in [-0.2, -0.15) is 4.57 Å². The molecule has 3 aromatic rings. The summed E-state index contributed by atoms with van der Waals surface area (Å²) in [6.45, 7) is 3.13. The third-order valence-corrected chi connectivity index (χ3v) is 5.79. The molecule has 2 nitrogen and oxygen atoms in total. The summed E-state index contributed by atoms with van der Waals surface area (Å²) >= 11 is 7.94. The third-order valence-electron chi connectivity index (χ3n) is 4.39. The number of hydrogen-bond acceptors (Lipinski definition) is 2. The van der Waals surface area contributed by atoms with E-state index in [0.717, 1.165) is 11.6 Å². The van der Waals surface area contributed by atoms with Crippen LogP contribution in [0.2, 0.25) is 5.02 Å². The monoisotopic (exact) mass is 353 g/mol. The first-order valence-corrected chi connectivity index (χ1v) is 9.21. The molecule has 0 N–H and O–H groups in total. The Morgan fingerprint density at radius 1 is 1.12 bits per heavy atom. The lowest BCUT2D eigenvalue weighted by atomic mass is 10.2. The van der Waals surface area contributed by atoms with Crippen molar-refractivity contribution in [1.82, 2.24) is 0 Å². The zero-order valence-corrected chi connectivity index (χ0v) is 15.2. The van der Waals surface area contributed by atoms with Gasteiger partial charge in [-0.3, -0.25) is 0 Å². The van der Waals surface area contributed by atoms with E-state index in [-0.39, 0.29) is 0 Å². The fourth-order valence-electron chi connectivity index (χ4n) is 3.15. The van der Waals surface area contributed by atoms with E-state index in [1.807, 2.05) is 12.1 Å². The van der Waals surface area contributed by atoms with Crippen molar-refractivity contribution >= 4 is 46.0 Å². The molecule has 0 spiro atoms. The molecule has 4 rings (SSSR count). The first kappa shape index (κ1) is 15.6. The van der Waals surface area contributed by atoms with Crippen LogP contribution in [0.1, 0.15) is 12.6 Å². The van der Waals surface area contributed by atoms with E-state index >= 15 is 0 Å². The second-order valence-corrected chi connectivity index (χ2v) is 7.32. The molecule has 0 saturated carbocycles. The highest BCUT2D eigenvalue weighted by Gasteiger charge is 2.24. The smallest absolute Gasteiger partial charge is 0.212 e. The SMILES string of the molecule is CC[n+]1c(/C=C2\Sc3ccc(Cl)cc3N2C)ccc2ccccc21. The average molecular weight is 354 g/mol. The van der Waals surface area contributed by atoms with E-state index in [1.165, 1.54) is 32.2 Å². The number of fused-ring (bicyclic) bond motifs is 2. The van der Waals surface area contributed by atoms with Gasteiger partial charge in [-0.1, -0.05) is 35.5 Å². The van der Waals surface area contributed by atoms with Gasteiger partial charge < -0.3 is 4.90 Å². The van der Waals surface area contributed by atoms with Gasteiger partial charge >= 0.3 is 0 Å². The second-order valence-electron chi connectivity index (χ2n) is 5.82. The number of nitrogens with zero attached hydrogens (tertiary/aromatic N) is 2. The fourth-order valence-corrected chi connectivity index (χ4v) is 4.39. The summed E-state index contributed by atoms with van der Waals surface area (Å²) in [4.78, 5) is 3.46. The Kier molecular flexibility index (Phi) is 3.99. The number of aromatic nitrogens is 1. The Hall–Kier alpha value is -1.97. The number of halogens is 1. The third kappa shape index (κ3) is 2.58. The van der Waals surface area contributed by atoms with Crippen LogP contribution in [0.4, 0.5) is 5.69 Å². The first-order valence-electron chi connectivity index (χ1n) is 8.02. The van der Waals surface area contributed by atoms with Gasteiger partial charge in [-0.15, -0.1) is 0 Å². The van der Waals surface area contributed by atoms with Gasteiger partial charge in [0.1, 0.15) is 6.54 Å². The maximum Gasteiger partial charge on any atom is 0.212 e. The van der Waals surface area contributed by atoms with Crippen LogP contribution in [-0.2, 0) is 6.54 Å². The summed E-state index contributed by atoms with van der Waals surface area (Å²) in [7, 11) is 2.10. The molecule has 2 aromatic carbocycles. The second kappa shape index (κ2) is 6.15. The highest BCUT2D eigenvalue weighted by Crippen LogP contribution is 2.46. The molecular weight excluding hydrogens is 336 g/mol. The number of rotatable bonds is 2. The van der Waals surface area contributed by atoms with E-state index in [0.29, 0.717) is 0 Å². The molecule has 0 atom stereocenters. The predicted octanol–water partition coefficient (Wildman–Crippen LogP) is 5.34. The number of aryl methyl sites for hydroxylation is 1. The van der Waals surface area contributed by atoms with Gasteiger partial charge in [0.25, 0.3) is 0 Å². The molecule has 2 heterocycles. The minimum atomic E-state index is 0.775. The molecule has 0 aliphatic carbocycles. The van der Waals surface area contributed by atoms with Crippen LogP contribution in [-0.4, -0.2) is 7.05 Å². The number of hydrogen-bond donors (Lipinski definition) is 0. The van der Waals surface area contributed by atoms with Gasteiger partial charge in [0.15, 0.2) is 0 Å². The Balaban J connectivity index is 1.81. The van der Waals surface area contributed by atoms with Crippen molar-refractivity contribution in [2.75, 3.05) is 11.9 Å². The number of para-hydroxylation sites is 1. The van der Waals surface area contributed by atoms with E-state index in [2.05, 4.69) is 72.0 Å². The fraction of sp³-hybridized carbons (Fsp3) is 0.150. The Labute approximate surface area is 151 Å². The maximum atomic E-state index is 6.15. The molecule has 0 fully saturated rings. The number of anilines is 1. The highest BCUT2D eigenvalue weighted by atomic mass is 35.5. The molecule has 1 aromatic heterocycles. The lowest BCUT2D eigenvalue weighted by Gasteiger charge is -2.13. The molecule has 0 radical (unpaired) electrons. The molecule has 120 valence electrons. The van der Waals surface area contributed by atoms with Gasteiger partial charge in [-0.05, 0) is 37.3 Å². The number of benzene rings is 2. The van der Waals surface area contributed by atoms with Crippen LogP contribution in [0.3, 0.4) is 0 Å². The van der Waals surface area contributed by atoms with Gasteiger partial charge in [0.2, 0.25) is 11.2 Å². The summed E-state index contributed by atoms with van der Waals surface area (Å²) in [6.07, 6.45) is 2.26. The summed E-state index contributed by atoms with van der Waals surface area (Å²) < 4.78 is 2.35. The molecule has 0 saturated heterocycles. The van der Waals surface area contributed by atoms with Gasteiger partial charge in [0.05, 0.1) is 10.7 Å². The molecule has 24 heavy (non-hydrogen) atoms. The van der Waals surface area contributed by atoms with Crippen molar-refractivity contribution in [3.8, 4) is 0 Å². The molecular formula is C20H18ClN2S+. The van der Waals surface area contributed by atoms with Crippen molar-refractivity contribution in [3.05, 3.63) is 70.3 Å². The highest BCUT2D eigenvalue weighted by molar-refractivity contribution is 8.03. The molecule has 4 heteroatoms. The normalized spacial score (nSPS) is 15.3. The van der Waals surface area contributed by atoms with Crippen molar-refractivity contribution in [2.45, 2.75) is 18.4 Å². The van der Waals surface area contributed by atoms with E-state index in [1.54, 1.807) is 11.8 Å². The molecule has 1 aliphatic rings. The lowest BCUT2D eigenvalue weighted by Crippen LogP contribution is -2.36. The molecule has 0 bridgehead atoms. The largest absolute Gasteiger partial charge is 0.338 e. The van der Waals surface area contributed by atoms with Crippen molar-refractivity contribution in [2.24, 2.45) is 0 Å². The summed E-state index contributed by atoms with van der Waals surface area (Å²) in [6, 6.07) is 19.0. The first-order chi connectivity index (χ1) is 11.7. The Morgan fingerprint density at radius 2 is 1.96 bits per heavy atom. The van der Waals surface area contributed by atoms with Crippen LogP contribution in [0.5, 0.6) is 0 Å². The summed E-state index contributed by atoms with van der Waals surface area (Å²) in [5.74, 6) is 0. The van der Waals surface area contributed by atoms with E-state index in [9.17, 15) is 0 Å². The molecule has 1 aliphatic heterocycles. The maximum absolute atomic E-state index is 6.15. The van der Waals surface area contributed by atoms with Gasteiger partial charge in [0, 0.05) is 40.6 Å². The van der Waals surface area contributed by atoms with Crippen LogP contribution >= 0.6 is 23.4 Å². The van der Waals surface area contributed by atoms with E-state index in [4.69, 9.17) is 11.6 Å². The minimum absolute atomic E-state index is 0.775. The zero-order valence-electron chi connectivity index (χ0n) is 13.7. The number of pyridine rings is 1. The van der Waals surface area contributed by atoms with Crippen molar-refractivity contribution in [1.29, 1.82) is 0 Å². The Morgan fingerprint density at radius 3 is 2.79 bits per heavy atom. The van der Waals surface area contributed by atoms with Crippen molar-refractivity contribution < 1.29 is 4.57 Å².